The summed E-state index contributed by atoms with van der Waals surface area (Å²) in [5.41, 5.74) is 10.2. The van der Waals surface area contributed by atoms with E-state index in [2.05, 4.69) is 61.6 Å². The highest BCUT2D eigenvalue weighted by Crippen LogP contribution is 2.41. The molecule has 2 aliphatic heterocycles. The van der Waals surface area contributed by atoms with Gasteiger partial charge < -0.3 is 26.2 Å². The largest absolute Gasteiger partial charge is 0.383 e. The topological polar surface area (TPSA) is 89.2 Å². The number of nitrogens with zero attached hydrogens (tertiary/aromatic N) is 4. The lowest BCUT2D eigenvalue weighted by Gasteiger charge is -2.32. The van der Waals surface area contributed by atoms with Crippen molar-refractivity contribution in [2.75, 3.05) is 70.2 Å². The van der Waals surface area contributed by atoms with Gasteiger partial charge in [-0.05, 0) is 36.4 Å². The first-order valence-corrected chi connectivity index (χ1v) is 12.4. The van der Waals surface area contributed by atoms with Crippen LogP contribution in [0, 0.1) is 0 Å². The van der Waals surface area contributed by atoms with Crippen LogP contribution in [0.15, 0.2) is 47.5 Å². The lowest BCUT2D eigenvalue weighted by Crippen LogP contribution is -2.47. The summed E-state index contributed by atoms with van der Waals surface area (Å²) < 4.78 is 1.18. The maximum absolute atomic E-state index is 12.4. The van der Waals surface area contributed by atoms with E-state index < -0.39 is 0 Å². The number of amides is 2. The fourth-order valence-corrected chi connectivity index (χ4v) is 5.70. The summed E-state index contributed by atoms with van der Waals surface area (Å²) in [6, 6.07) is 14.2. The summed E-state index contributed by atoms with van der Waals surface area (Å²) in [5, 5.41) is 7.14. The van der Waals surface area contributed by atoms with Gasteiger partial charge >= 0.3 is 6.03 Å². The maximum atomic E-state index is 12.4. The zero-order chi connectivity index (χ0) is 23.7. The standard InChI is InChI=1S/C25H31N7OS/c1-30-10-12-32(13-11-30)9-8-27-25(33)29-19-5-3-4-17(14-19)18-6-7-20-21(15-18)34-23-22(20)31(2)16-28-24(23)26/h3-7,14-15H,8-13,16H2,1-2H3,(H2,26,28)(H2,27,29,33). The number of hydrogen-bond donors (Lipinski definition) is 3. The Labute approximate surface area is 204 Å². The number of aliphatic imine (C=N–C) groups is 1. The molecular weight excluding hydrogens is 446 g/mol. The molecule has 2 aromatic carbocycles. The molecule has 0 saturated carbocycles. The van der Waals surface area contributed by atoms with Crippen molar-refractivity contribution in [3.8, 4) is 11.1 Å². The third-order valence-corrected chi connectivity index (χ3v) is 7.66. The van der Waals surface area contributed by atoms with Crippen molar-refractivity contribution < 1.29 is 4.79 Å². The van der Waals surface area contributed by atoms with Gasteiger partial charge in [-0.25, -0.2) is 9.79 Å². The number of fused-ring (bicyclic) bond motifs is 3. The van der Waals surface area contributed by atoms with Crippen molar-refractivity contribution in [3.05, 3.63) is 47.3 Å². The van der Waals surface area contributed by atoms with Crippen molar-refractivity contribution in [3.63, 3.8) is 0 Å². The lowest BCUT2D eigenvalue weighted by molar-refractivity contribution is 0.155. The van der Waals surface area contributed by atoms with Crippen LogP contribution in [0.4, 0.5) is 16.2 Å². The van der Waals surface area contributed by atoms with Crippen LogP contribution in [0.25, 0.3) is 21.2 Å². The Balaban J connectivity index is 1.25. The zero-order valence-electron chi connectivity index (χ0n) is 19.7. The second kappa shape index (κ2) is 9.61. The summed E-state index contributed by atoms with van der Waals surface area (Å²) in [6.07, 6.45) is 0. The number of carbonyl (C=O) groups excluding carboxylic acids is 1. The highest BCUT2D eigenvalue weighted by Gasteiger charge is 2.22. The first-order valence-electron chi connectivity index (χ1n) is 11.6. The van der Waals surface area contributed by atoms with E-state index in [-0.39, 0.29) is 6.03 Å². The van der Waals surface area contributed by atoms with Crippen molar-refractivity contribution >= 4 is 44.7 Å². The summed E-state index contributed by atoms with van der Waals surface area (Å²) in [4.78, 5) is 24.7. The minimum atomic E-state index is -0.175. The fourth-order valence-electron chi connectivity index (χ4n) is 4.49. The third-order valence-electron chi connectivity index (χ3n) is 6.49. The number of nitrogens with two attached hydrogens (primary N) is 1. The van der Waals surface area contributed by atoms with Crippen LogP contribution < -0.4 is 21.3 Å². The van der Waals surface area contributed by atoms with Crippen LogP contribution in [0.1, 0.15) is 4.88 Å². The fraction of sp³-hybridized carbons (Fsp3) is 0.360. The van der Waals surface area contributed by atoms with Crippen LogP contribution in [0.2, 0.25) is 0 Å². The summed E-state index contributed by atoms with van der Waals surface area (Å²) in [7, 11) is 4.19. The van der Waals surface area contributed by atoms with Gasteiger partial charge in [0.25, 0.3) is 0 Å². The molecule has 3 aromatic rings. The lowest BCUT2D eigenvalue weighted by atomic mass is 10.0. The van der Waals surface area contributed by atoms with Gasteiger partial charge in [0.15, 0.2) is 0 Å². The molecule has 0 spiro atoms. The van der Waals surface area contributed by atoms with Crippen molar-refractivity contribution in [2.45, 2.75) is 0 Å². The Morgan fingerprint density at radius 1 is 1.09 bits per heavy atom. The molecule has 0 atom stereocenters. The van der Waals surface area contributed by atoms with E-state index in [9.17, 15) is 4.79 Å². The highest BCUT2D eigenvalue weighted by atomic mass is 32.1. The van der Waals surface area contributed by atoms with Gasteiger partial charge in [-0.2, -0.15) is 0 Å². The number of piperazine rings is 1. The average molecular weight is 478 g/mol. The van der Waals surface area contributed by atoms with Crippen molar-refractivity contribution in [2.24, 2.45) is 10.7 Å². The van der Waals surface area contributed by atoms with E-state index in [0.29, 0.717) is 19.0 Å². The number of hydrogen-bond acceptors (Lipinski definition) is 7. The minimum Gasteiger partial charge on any atom is -0.383 e. The van der Waals surface area contributed by atoms with E-state index in [1.165, 1.54) is 10.1 Å². The second-order valence-electron chi connectivity index (χ2n) is 8.98. The van der Waals surface area contributed by atoms with Gasteiger partial charge in [0.1, 0.15) is 12.5 Å². The molecule has 0 radical (unpaired) electrons. The molecule has 5 rings (SSSR count). The van der Waals surface area contributed by atoms with E-state index in [0.717, 1.165) is 60.1 Å². The second-order valence-corrected chi connectivity index (χ2v) is 10.0. The predicted molar refractivity (Wildman–Crippen MR) is 142 cm³/mol. The van der Waals surface area contributed by atoms with E-state index in [4.69, 9.17) is 5.73 Å². The van der Waals surface area contributed by atoms with Crippen LogP contribution in [-0.2, 0) is 0 Å². The number of urea groups is 1. The zero-order valence-corrected chi connectivity index (χ0v) is 20.5. The molecule has 9 heteroatoms. The van der Waals surface area contributed by atoms with E-state index >= 15 is 0 Å². The number of rotatable bonds is 5. The normalized spacial score (nSPS) is 16.9. The van der Waals surface area contributed by atoms with Gasteiger partial charge in [0.05, 0.1) is 10.6 Å². The Hall–Kier alpha value is -3.14. The summed E-state index contributed by atoms with van der Waals surface area (Å²) in [6.45, 7) is 6.35. The smallest absolute Gasteiger partial charge is 0.319 e. The molecule has 4 N–H and O–H groups in total. The number of amidine groups is 1. The SMILES string of the molecule is CN1CCN(CCNC(=O)Nc2cccc(-c3ccc4c5c(sc4c3)C(N)=NCN5C)c2)CC1. The van der Waals surface area contributed by atoms with Crippen LogP contribution >= 0.6 is 11.3 Å². The number of likely N-dealkylation sites (N-methyl/N-ethyl adjacent to an activating group) is 1. The van der Waals surface area contributed by atoms with Gasteiger partial charge in [0, 0.05) is 62.1 Å². The maximum Gasteiger partial charge on any atom is 0.319 e. The Morgan fingerprint density at radius 3 is 2.71 bits per heavy atom. The molecule has 34 heavy (non-hydrogen) atoms. The summed E-state index contributed by atoms with van der Waals surface area (Å²) in [5.74, 6) is 0.612. The quantitative estimate of drug-likeness (QED) is 0.526. The molecule has 0 aliphatic carbocycles. The Kier molecular flexibility index (Phi) is 6.40. The number of nitrogens with one attached hydrogen (secondary N) is 2. The van der Waals surface area contributed by atoms with Crippen molar-refractivity contribution in [1.29, 1.82) is 0 Å². The molecule has 2 aliphatic rings. The summed E-state index contributed by atoms with van der Waals surface area (Å²) >= 11 is 1.67. The van der Waals surface area contributed by atoms with Gasteiger partial charge in [-0.3, -0.25) is 4.90 Å². The number of carbonyl (C=O) groups is 1. The molecular formula is C25H31N7OS. The highest BCUT2D eigenvalue weighted by molar-refractivity contribution is 7.21. The third kappa shape index (κ3) is 4.72. The molecule has 1 fully saturated rings. The monoisotopic (exact) mass is 477 g/mol. The first-order chi connectivity index (χ1) is 16.5. The van der Waals surface area contributed by atoms with Gasteiger partial charge in [0.2, 0.25) is 0 Å². The number of benzene rings is 2. The first kappa shape index (κ1) is 22.6. The average Bonchev–Trinajstić information content (AvgIpc) is 3.23. The van der Waals surface area contributed by atoms with E-state index in [1.807, 2.05) is 25.2 Å². The predicted octanol–water partition coefficient (Wildman–Crippen LogP) is 3.05. The molecule has 3 heterocycles. The molecule has 0 unspecified atom stereocenters. The molecule has 1 aromatic heterocycles. The minimum absolute atomic E-state index is 0.175. The van der Waals surface area contributed by atoms with Crippen molar-refractivity contribution in [1.82, 2.24) is 15.1 Å². The molecule has 1 saturated heterocycles. The van der Waals surface area contributed by atoms with Crippen LogP contribution in [0.5, 0.6) is 0 Å². The van der Waals surface area contributed by atoms with Gasteiger partial charge in [-0.1, -0.05) is 24.3 Å². The molecule has 8 nitrogen and oxygen atoms in total. The van der Waals surface area contributed by atoms with Gasteiger partial charge in [-0.15, -0.1) is 11.3 Å². The number of anilines is 2. The number of thiophene rings is 1. The molecule has 2 amide bonds. The van der Waals surface area contributed by atoms with Crippen LogP contribution in [0.3, 0.4) is 0 Å². The Bertz CT molecular complexity index is 1230. The van der Waals surface area contributed by atoms with E-state index in [1.54, 1.807) is 11.3 Å². The Morgan fingerprint density at radius 2 is 1.88 bits per heavy atom. The van der Waals surface area contributed by atoms with Crippen LogP contribution in [-0.4, -0.2) is 81.7 Å². The molecule has 178 valence electrons. The molecule has 0 bridgehead atoms.